The summed E-state index contributed by atoms with van der Waals surface area (Å²) in [5.41, 5.74) is 6.52. The monoisotopic (exact) mass is 332 g/mol. The molecule has 0 aromatic heterocycles. The summed E-state index contributed by atoms with van der Waals surface area (Å²) >= 11 is 5.93. The van der Waals surface area contributed by atoms with Gasteiger partial charge in [0.05, 0.1) is 12.7 Å². The fourth-order valence-corrected chi connectivity index (χ4v) is 2.80. The standard InChI is InChI=1S/C15H21ClN2O2.ClH/c1-10(17)11-4-3-7-18(9-11)15(19)13-6-5-12(16)8-14(13)20-2;/h5-6,8,10-11H,3-4,7,9,17H2,1-2H3;1H. The summed E-state index contributed by atoms with van der Waals surface area (Å²) in [6.07, 6.45) is 2.08. The normalized spacial score (nSPS) is 19.6. The quantitative estimate of drug-likeness (QED) is 0.925. The highest BCUT2D eigenvalue weighted by atomic mass is 35.5. The molecule has 0 saturated carbocycles. The third-order valence-electron chi connectivity index (χ3n) is 3.88. The van der Waals surface area contributed by atoms with E-state index in [0.717, 1.165) is 19.4 Å². The second kappa shape index (κ2) is 7.87. The molecule has 118 valence electrons. The number of hydrogen-bond acceptors (Lipinski definition) is 3. The summed E-state index contributed by atoms with van der Waals surface area (Å²) in [6, 6.07) is 5.21. The van der Waals surface area contributed by atoms with Gasteiger partial charge in [-0.1, -0.05) is 11.6 Å². The third kappa shape index (κ3) is 4.25. The average molecular weight is 333 g/mol. The Morgan fingerprint density at radius 2 is 2.24 bits per heavy atom. The third-order valence-corrected chi connectivity index (χ3v) is 4.12. The van der Waals surface area contributed by atoms with Crippen LogP contribution in [-0.4, -0.2) is 37.0 Å². The van der Waals surface area contributed by atoms with Gasteiger partial charge in [-0.25, -0.2) is 0 Å². The van der Waals surface area contributed by atoms with Crippen molar-refractivity contribution in [1.29, 1.82) is 0 Å². The van der Waals surface area contributed by atoms with Crippen molar-refractivity contribution in [2.24, 2.45) is 11.7 Å². The number of benzene rings is 1. The van der Waals surface area contributed by atoms with E-state index in [-0.39, 0.29) is 24.4 Å². The first kappa shape index (κ1) is 18.1. The van der Waals surface area contributed by atoms with Gasteiger partial charge in [0, 0.05) is 24.2 Å². The Morgan fingerprint density at radius 3 is 2.86 bits per heavy atom. The number of nitrogens with two attached hydrogens (primary N) is 1. The minimum atomic E-state index is -0.0103. The summed E-state index contributed by atoms with van der Waals surface area (Å²) in [4.78, 5) is 14.5. The zero-order valence-electron chi connectivity index (χ0n) is 12.3. The largest absolute Gasteiger partial charge is 0.496 e. The molecule has 0 bridgehead atoms. The van der Waals surface area contributed by atoms with Crippen LogP contribution < -0.4 is 10.5 Å². The summed E-state index contributed by atoms with van der Waals surface area (Å²) in [5.74, 6) is 0.875. The Morgan fingerprint density at radius 1 is 1.52 bits per heavy atom. The number of halogens is 2. The Kier molecular flexibility index (Phi) is 6.78. The number of carbonyl (C=O) groups is 1. The van der Waals surface area contributed by atoms with E-state index in [1.165, 1.54) is 0 Å². The Bertz CT molecular complexity index is 495. The zero-order chi connectivity index (χ0) is 14.7. The fraction of sp³-hybridized carbons (Fsp3) is 0.533. The van der Waals surface area contributed by atoms with Gasteiger partial charge >= 0.3 is 0 Å². The van der Waals surface area contributed by atoms with Gasteiger partial charge in [-0.2, -0.15) is 0 Å². The van der Waals surface area contributed by atoms with Gasteiger partial charge in [-0.3, -0.25) is 4.79 Å². The molecule has 1 aliphatic heterocycles. The molecule has 1 aromatic rings. The minimum absolute atomic E-state index is 0. The molecule has 0 spiro atoms. The smallest absolute Gasteiger partial charge is 0.257 e. The first-order valence-corrected chi connectivity index (χ1v) is 7.29. The number of amides is 1. The van der Waals surface area contributed by atoms with Gasteiger partial charge < -0.3 is 15.4 Å². The average Bonchev–Trinajstić information content (AvgIpc) is 2.46. The van der Waals surface area contributed by atoms with Crippen LogP contribution in [0.4, 0.5) is 0 Å². The van der Waals surface area contributed by atoms with Gasteiger partial charge in [-0.05, 0) is 43.9 Å². The van der Waals surface area contributed by atoms with E-state index >= 15 is 0 Å². The second-order valence-electron chi connectivity index (χ2n) is 5.36. The lowest BCUT2D eigenvalue weighted by Gasteiger charge is -2.34. The van der Waals surface area contributed by atoms with Crippen LogP contribution in [0.25, 0.3) is 0 Å². The van der Waals surface area contributed by atoms with Crippen molar-refractivity contribution in [2.75, 3.05) is 20.2 Å². The maximum atomic E-state index is 12.6. The van der Waals surface area contributed by atoms with Crippen molar-refractivity contribution in [3.8, 4) is 5.75 Å². The van der Waals surface area contributed by atoms with Crippen LogP contribution in [0.1, 0.15) is 30.1 Å². The molecule has 0 aliphatic carbocycles. The number of ether oxygens (including phenoxy) is 1. The number of piperidine rings is 1. The van der Waals surface area contributed by atoms with E-state index in [1.807, 2.05) is 11.8 Å². The number of likely N-dealkylation sites (tertiary alicyclic amines) is 1. The molecule has 2 unspecified atom stereocenters. The van der Waals surface area contributed by atoms with Crippen LogP contribution in [0, 0.1) is 5.92 Å². The highest BCUT2D eigenvalue weighted by Gasteiger charge is 2.27. The first-order valence-electron chi connectivity index (χ1n) is 6.91. The lowest BCUT2D eigenvalue weighted by Crippen LogP contribution is -2.45. The Balaban J connectivity index is 0.00000220. The number of rotatable bonds is 3. The minimum Gasteiger partial charge on any atom is -0.496 e. The maximum absolute atomic E-state index is 12.6. The van der Waals surface area contributed by atoms with Gasteiger partial charge in [-0.15, -0.1) is 12.4 Å². The van der Waals surface area contributed by atoms with E-state index in [2.05, 4.69) is 0 Å². The molecule has 1 aliphatic rings. The van der Waals surface area contributed by atoms with Crippen molar-refractivity contribution < 1.29 is 9.53 Å². The predicted octanol–water partition coefficient (Wildman–Crippen LogP) is 2.97. The summed E-state index contributed by atoms with van der Waals surface area (Å²) in [5, 5.41) is 0.561. The molecular formula is C15H22Cl2N2O2. The van der Waals surface area contributed by atoms with Gasteiger partial charge in [0.1, 0.15) is 5.75 Å². The summed E-state index contributed by atoms with van der Waals surface area (Å²) in [7, 11) is 1.55. The van der Waals surface area contributed by atoms with Gasteiger partial charge in [0.15, 0.2) is 0 Å². The number of nitrogens with zero attached hydrogens (tertiary/aromatic N) is 1. The van der Waals surface area contributed by atoms with Crippen LogP contribution in [0.2, 0.25) is 5.02 Å². The van der Waals surface area contributed by atoms with Crippen LogP contribution in [-0.2, 0) is 0 Å². The summed E-state index contributed by atoms with van der Waals surface area (Å²) < 4.78 is 5.26. The van der Waals surface area contributed by atoms with Gasteiger partial charge in [0.25, 0.3) is 5.91 Å². The molecule has 2 N–H and O–H groups in total. The van der Waals surface area contributed by atoms with Crippen molar-refractivity contribution in [3.63, 3.8) is 0 Å². The van der Waals surface area contributed by atoms with Crippen LogP contribution in [0.5, 0.6) is 5.75 Å². The molecule has 1 aromatic carbocycles. The molecule has 0 radical (unpaired) electrons. The molecule has 2 rings (SSSR count). The first-order chi connectivity index (χ1) is 9.52. The van der Waals surface area contributed by atoms with Gasteiger partial charge in [0.2, 0.25) is 0 Å². The maximum Gasteiger partial charge on any atom is 0.257 e. The lowest BCUT2D eigenvalue weighted by molar-refractivity contribution is 0.0657. The van der Waals surface area contributed by atoms with Crippen LogP contribution in [0.15, 0.2) is 18.2 Å². The van der Waals surface area contributed by atoms with E-state index in [4.69, 9.17) is 22.1 Å². The van der Waals surface area contributed by atoms with E-state index in [0.29, 0.717) is 28.8 Å². The summed E-state index contributed by atoms with van der Waals surface area (Å²) in [6.45, 7) is 3.48. The Labute approximate surface area is 137 Å². The molecular weight excluding hydrogens is 311 g/mol. The topological polar surface area (TPSA) is 55.6 Å². The Hall–Kier alpha value is -0.970. The van der Waals surface area contributed by atoms with E-state index in [9.17, 15) is 4.79 Å². The van der Waals surface area contributed by atoms with Crippen molar-refractivity contribution in [1.82, 2.24) is 4.90 Å². The number of methoxy groups -OCH3 is 1. The molecule has 2 atom stereocenters. The highest BCUT2D eigenvalue weighted by molar-refractivity contribution is 6.30. The molecule has 6 heteroatoms. The van der Waals surface area contributed by atoms with E-state index < -0.39 is 0 Å². The van der Waals surface area contributed by atoms with E-state index in [1.54, 1.807) is 25.3 Å². The number of carbonyl (C=O) groups excluding carboxylic acids is 1. The van der Waals surface area contributed by atoms with Crippen molar-refractivity contribution >= 4 is 29.9 Å². The molecule has 1 saturated heterocycles. The molecule has 1 amide bonds. The fourth-order valence-electron chi connectivity index (χ4n) is 2.64. The van der Waals surface area contributed by atoms with Crippen molar-refractivity contribution in [2.45, 2.75) is 25.8 Å². The van der Waals surface area contributed by atoms with Crippen LogP contribution >= 0.6 is 24.0 Å². The number of hydrogen-bond donors (Lipinski definition) is 1. The predicted molar refractivity (Wildman–Crippen MR) is 87.5 cm³/mol. The molecule has 1 fully saturated rings. The zero-order valence-corrected chi connectivity index (χ0v) is 13.9. The van der Waals surface area contributed by atoms with Crippen LogP contribution in [0.3, 0.4) is 0 Å². The molecule has 4 nitrogen and oxygen atoms in total. The molecule has 21 heavy (non-hydrogen) atoms. The molecule has 1 heterocycles. The lowest BCUT2D eigenvalue weighted by atomic mass is 9.92. The second-order valence-corrected chi connectivity index (χ2v) is 5.79. The van der Waals surface area contributed by atoms with Crippen molar-refractivity contribution in [3.05, 3.63) is 28.8 Å². The highest BCUT2D eigenvalue weighted by Crippen LogP contribution is 2.27. The SMILES string of the molecule is COc1cc(Cl)ccc1C(=O)N1CCCC(C(C)N)C1.Cl.